The van der Waals surface area contributed by atoms with Crippen LogP contribution in [-0.2, 0) is 11.3 Å². The monoisotopic (exact) mass is 264 g/mol. The fraction of sp³-hybridized carbons (Fsp3) is 0.154. The Bertz CT molecular complexity index is 538. The lowest BCUT2D eigenvalue weighted by atomic mass is 10.2. The first kappa shape index (κ1) is 12.5. The van der Waals surface area contributed by atoms with Gasteiger partial charge in [-0.1, -0.05) is 11.6 Å². The summed E-state index contributed by atoms with van der Waals surface area (Å²) in [6.45, 7) is 2.03. The van der Waals surface area contributed by atoms with E-state index in [1.54, 1.807) is 18.4 Å². The van der Waals surface area contributed by atoms with Crippen molar-refractivity contribution in [2.24, 2.45) is 0 Å². The zero-order chi connectivity index (χ0) is 13.0. The number of carbonyl (C=O) groups is 1. The maximum absolute atomic E-state index is 10.9. The van der Waals surface area contributed by atoms with Gasteiger partial charge in [0.1, 0.15) is 5.76 Å². The predicted molar refractivity (Wildman–Crippen MR) is 71.8 cm³/mol. The average Bonchev–Trinajstić information content (AvgIpc) is 2.82. The molecule has 0 atom stereocenters. The van der Waals surface area contributed by atoms with Crippen molar-refractivity contribution in [3.8, 4) is 0 Å². The molecule has 0 aliphatic rings. The summed E-state index contributed by atoms with van der Waals surface area (Å²) >= 11 is 6.06. The molecule has 1 amide bonds. The van der Waals surface area contributed by atoms with E-state index >= 15 is 0 Å². The largest absolute Gasteiger partial charge is 0.467 e. The van der Waals surface area contributed by atoms with E-state index in [1.165, 1.54) is 6.92 Å². The number of benzene rings is 1. The van der Waals surface area contributed by atoms with Gasteiger partial charge in [-0.05, 0) is 30.3 Å². The highest BCUT2D eigenvalue weighted by atomic mass is 35.5. The topological polar surface area (TPSA) is 54.3 Å². The van der Waals surface area contributed by atoms with Gasteiger partial charge in [-0.3, -0.25) is 4.79 Å². The van der Waals surface area contributed by atoms with Gasteiger partial charge in [0.05, 0.1) is 23.5 Å². The highest BCUT2D eigenvalue weighted by molar-refractivity contribution is 6.34. The molecule has 0 saturated carbocycles. The molecule has 18 heavy (non-hydrogen) atoms. The van der Waals surface area contributed by atoms with Gasteiger partial charge in [0.15, 0.2) is 0 Å². The van der Waals surface area contributed by atoms with Crippen molar-refractivity contribution in [3.63, 3.8) is 0 Å². The summed E-state index contributed by atoms with van der Waals surface area (Å²) in [5.74, 6) is 0.699. The fourth-order valence-electron chi connectivity index (χ4n) is 1.52. The molecule has 2 aromatic rings. The van der Waals surface area contributed by atoms with Crippen molar-refractivity contribution in [1.82, 2.24) is 0 Å². The molecule has 1 heterocycles. The van der Waals surface area contributed by atoms with Gasteiger partial charge in [-0.2, -0.15) is 0 Å². The maximum atomic E-state index is 10.9. The Hall–Kier alpha value is -1.94. The van der Waals surface area contributed by atoms with Gasteiger partial charge in [-0.25, -0.2) is 0 Å². The van der Waals surface area contributed by atoms with E-state index in [4.69, 9.17) is 16.0 Å². The predicted octanol–water partition coefficient (Wildman–Crippen LogP) is 3.50. The second-order valence-corrected chi connectivity index (χ2v) is 4.22. The molecular formula is C13H13ClN2O2. The van der Waals surface area contributed by atoms with E-state index in [0.717, 1.165) is 11.4 Å². The molecule has 0 spiro atoms. The number of nitrogens with one attached hydrogen (secondary N) is 2. The van der Waals surface area contributed by atoms with Crippen LogP contribution in [0.3, 0.4) is 0 Å². The van der Waals surface area contributed by atoms with Gasteiger partial charge in [0.2, 0.25) is 5.91 Å². The van der Waals surface area contributed by atoms with E-state index in [0.29, 0.717) is 17.3 Å². The van der Waals surface area contributed by atoms with Crippen LogP contribution < -0.4 is 10.6 Å². The van der Waals surface area contributed by atoms with Crippen LogP contribution in [0.2, 0.25) is 5.02 Å². The molecule has 4 nitrogen and oxygen atoms in total. The summed E-state index contributed by atoms with van der Waals surface area (Å²) in [4.78, 5) is 10.9. The maximum Gasteiger partial charge on any atom is 0.221 e. The highest BCUT2D eigenvalue weighted by Crippen LogP contribution is 2.25. The van der Waals surface area contributed by atoms with Crippen LogP contribution in [0.4, 0.5) is 11.4 Å². The summed E-state index contributed by atoms with van der Waals surface area (Å²) in [5.41, 5.74) is 1.47. The second-order valence-electron chi connectivity index (χ2n) is 3.81. The van der Waals surface area contributed by atoms with E-state index in [-0.39, 0.29) is 5.91 Å². The lowest BCUT2D eigenvalue weighted by Gasteiger charge is -2.08. The number of furan rings is 1. The van der Waals surface area contributed by atoms with Crippen molar-refractivity contribution in [3.05, 3.63) is 47.4 Å². The van der Waals surface area contributed by atoms with Crippen molar-refractivity contribution < 1.29 is 9.21 Å². The Morgan fingerprint density at radius 2 is 2.22 bits per heavy atom. The molecule has 94 valence electrons. The van der Waals surface area contributed by atoms with Crippen LogP contribution in [0.15, 0.2) is 41.0 Å². The number of amides is 1. The SMILES string of the molecule is CC(=O)Nc1ccc(NCc2ccco2)cc1Cl. The first-order valence-corrected chi connectivity index (χ1v) is 5.86. The van der Waals surface area contributed by atoms with Crippen molar-refractivity contribution in [1.29, 1.82) is 0 Å². The quantitative estimate of drug-likeness (QED) is 0.889. The van der Waals surface area contributed by atoms with Crippen LogP contribution in [0.25, 0.3) is 0 Å². The Morgan fingerprint density at radius 1 is 1.39 bits per heavy atom. The normalized spacial score (nSPS) is 10.1. The number of halogens is 1. The summed E-state index contributed by atoms with van der Waals surface area (Å²) in [5, 5.41) is 6.33. The standard InChI is InChI=1S/C13H13ClN2O2/c1-9(17)16-13-5-4-10(7-12(13)14)15-8-11-3-2-6-18-11/h2-7,15H,8H2,1H3,(H,16,17). The Morgan fingerprint density at radius 3 is 2.83 bits per heavy atom. The Labute approximate surface area is 110 Å². The van der Waals surface area contributed by atoms with Gasteiger partial charge in [0, 0.05) is 12.6 Å². The summed E-state index contributed by atoms with van der Waals surface area (Å²) in [7, 11) is 0. The molecule has 5 heteroatoms. The summed E-state index contributed by atoms with van der Waals surface area (Å²) in [6, 6.07) is 9.09. The number of anilines is 2. The number of hydrogen-bond donors (Lipinski definition) is 2. The molecule has 0 aliphatic carbocycles. The summed E-state index contributed by atoms with van der Waals surface area (Å²) in [6.07, 6.45) is 1.63. The van der Waals surface area contributed by atoms with Gasteiger partial charge in [-0.15, -0.1) is 0 Å². The number of hydrogen-bond acceptors (Lipinski definition) is 3. The third kappa shape index (κ3) is 3.28. The lowest BCUT2D eigenvalue weighted by molar-refractivity contribution is -0.114. The van der Waals surface area contributed by atoms with Gasteiger partial charge < -0.3 is 15.1 Å². The van der Waals surface area contributed by atoms with Crippen LogP contribution in [0.5, 0.6) is 0 Å². The molecule has 0 saturated heterocycles. The average molecular weight is 265 g/mol. The van der Waals surface area contributed by atoms with Crippen LogP contribution in [-0.4, -0.2) is 5.91 Å². The molecule has 2 rings (SSSR count). The van der Waals surface area contributed by atoms with Crippen molar-refractivity contribution in [2.45, 2.75) is 13.5 Å². The third-order valence-electron chi connectivity index (χ3n) is 2.33. The molecule has 0 aliphatic heterocycles. The van der Waals surface area contributed by atoms with E-state index in [9.17, 15) is 4.79 Å². The second kappa shape index (κ2) is 5.60. The van der Waals surface area contributed by atoms with Crippen molar-refractivity contribution in [2.75, 3.05) is 10.6 Å². The van der Waals surface area contributed by atoms with Gasteiger partial charge >= 0.3 is 0 Å². The highest BCUT2D eigenvalue weighted by Gasteiger charge is 2.03. The van der Waals surface area contributed by atoms with Crippen molar-refractivity contribution >= 4 is 28.9 Å². The molecule has 2 N–H and O–H groups in total. The Balaban J connectivity index is 2.02. The third-order valence-corrected chi connectivity index (χ3v) is 2.64. The smallest absolute Gasteiger partial charge is 0.221 e. The first-order chi connectivity index (χ1) is 8.65. The molecule has 0 radical (unpaired) electrons. The van der Waals surface area contributed by atoms with Crippen LogP contribution >= 0.6 is 11.6 Å². The zero-order valence-corrected chi connectivity index (χ0v) is 10.6. The molecular weight excluding hydrogens is 252 g/mol. The minimum Gasteiger partial charge on any atom is -0.467 e. The molecule has 0 bridgehead atoms. The molecule has 1 aromatic carbocycles. The van der Waals surface area contributed by atoms with E-state index in [1.807, 2.05) is 18.2 Å². The Kier molecular flexibility index (Phi) is 3.89. The van der Waals surface area contributed by atoms with Gasteiger partial charge in [0.25, 0.3) is 0 Å². The number of rotatable bonds is 4. The van der Waals surface area contributed by atoms with E-state index in [2.05, 4.69) is 10.6 Å². The summed E-state index contributed by atoms with van der Waals surface area (Å²) < 4.78 is 5.21. The van der Waals surface area contributed by atoms with Crippen LogP contribution in [0, 0.1) is 0 Å². The zero-order valence-electron chi connectivity index (χ0n) is 9.87. The minimum atomic E-state index is -0.145. The minimum absolute atomic E-state index is 0.145. The van der Waals surface area contributed by atoms with E-state index < -0.39 is 0 Å². The van der Waals surface area contributed by atoms with Crippen LogP contribution in [0.1, 0.15) is 12.7 Å². The first-order valence-electron chi connectivity index (χ1n) is 5.48. The fourth-order valence-corrected chi connectivity index (χ4v) is 1.75. The molecule has 0 fully saturated rings. The molecule has 1 aromatic heterocycles. The lowest BCUT2D eigenvalue weighted by Crippen LogP contribution is -2.06. The molecule has 0 unspecified atom stereocenters. The number of carbonyl (C=O) groups excluding carboxylic acids is 1.